The Morgan fingerprint density at radius 3 is 2.92 bits per heavy atom. The molecule has 0 spiro atoms. The van der Waals surface area contributed by atoms with Crippen LogP contribution in [0.25, 0.3) is 10.8 Å². The van der Waals surface area contributed by atoms with Gasteiger partial charge in [-0.05, 0) is 22.9 Å². The molecule has 0 radical (unpaired) electrons. The smallest absolute Gasteiger partial charge is 0.270 e. The zero-order valence-corrected chi connectivity index (χ0v) is 8.52. The molecular formula is C6H4BrN3OS. The molecule has 0 fully saturated rings. The first-order chi connectivity index (χ1) is 5.77. The largest absolute Gasteiger partial charge is 0.333 e. The molecule has 0 bridgehead atoms. The highest BCUT2D eigenvalue weighted by atomic mass is 79.9. The summed E-state index contributed by atoms with van der Waals surface area (Å²) < 4.78 is 5.72. The van der Waals surface area contributed by atoms with E-state index < -0.39 is 0 Å². The number of nitrogens with zero attached hydrogens (tertiary/aromatic N) is 3. The number of thiazole rings is 1. The standard InChI is InChI=1S/C6H4BrN3OS/c1-3-9-6(11-10-3)4-5(7)8-2-12-4/h2H,1H3. The van der Waals surface area contributed by atoms with Gasteiger partial charge in [0.1, 0.15) is 9.48 Å². The summed E-state index contributed by atoms with van der Waals surface area (Å²) in [6, 6.07) is 0. The van der Waals surface area contributed by atoms with Gasteiger partial charge in [0.15, 0.2) is 5.82 Å². The molecule has 0 saturated heterocycles. The van der Waals surface area contributed by atoms with E-state index in [1.54, 1.807) is 12.4 Å². The first-order valence-corrected chi connectivity index (χ1v) is 4.84. The van der Waals surface area contributed by atoms with Crippen LogP contribution in [0.2, 0.25) is 0 Å². The minimum Gasteiger partial charge on any atom is -0.333 e. The third kappa shape index (κ3) is 1.27. The lowest BCUT2D eigenvalue weighted by atomic mass is 10.5. The number of aromatic nitrogens is 3. The molecule has 0 atom stereocenters. The first-order valence-electron chi connectivity index (χ1n) is 3.17. The van der Waals surface area contributed by atoms with Crippen molar-refractivity contribution in [2.24, 2.45) is 0 Å². The molecule has 0 amide bonds. The molecule has 2 aromatic heterocycles. The van der Waals surface area contributed by atoms with E-state index in [1.165, 1.54) is 11.3 Å². The van der Waals surface area contributed by atoms with Gasteiger partial charge in [0.25, 0.3) is 5.89 Å². The second-order valence-electron chi connectivity index (χ2n) is 2.12. The second-order valence-corrected chi connectivity index (χ2v) is 3.72. The summed E-state index contributed by atoms with van der Waals surface area (Å²) in [6.45, 7) is 1.78. The quantitative estimate of drug-likeness (QED) is 0.774. The molecule has 0 aliphatic carbocycles. The van der Waals surface area contributed by atoms with Crippen molar-refractivity contribution in [1.29, 1.82) is 0 Å². The molecule has 62 valence electrons. The van der Waals surface area contributed by atoms with Gasteiger partial charge in [-0.15, -0.1) is 11.3 Å². The van der Waals surface area contributed by atoms with Crippen molar-refractivity contribution in [2.75, 3.05) is 0 Å². The van der Waals surface area contributed by atoms with Crippen molar-refractivity contribution in [1.82, 2.24) is 15.1 Å². The van der Waals surface area contributed by atoms with Crippen LogP contribution in [0.3, 0.4) is 0 Å². The Labute approximate surface area is 80.8 Å². The lowest BCUT2D eigenvalue weighted by Gasteiger charge is -1.84. The van der Waals surface area contributed by atoms with Crippen LogP contribution in [-0.2, 0) is 0 Å². The molecule has 0 aromatic carbocycles. The second kappa shape index (κ2) is 2.95. The fraction of sp³-hybridized carbons (Fsp3) is 0.167. The normalized spacial score (nSPS) is 10.5. The predicted octanol–water partition coefficient (Wildman–Crippen LogP) is 2.26. The van der Waals surface area contributed by atoms with Crippen LogP contribution < -0.4 is 0 Å². The minimum absolute atomic E-state index is 0.516. The van der Waals surface area contributed by atoms with E-state index in [-0.39, 0.29) is 0 Å². The summed E-state index contributed by atoms with van der Waals surface area (Å²) in [4.78, 5) is 8.96. The van der Waals surface area contributed by atoms with Gasteiger partial charge in [0.05, 0.1) is 5.51 Å². The number of halogens is 1. The van der Waals surface area contributed by atoms with Gasteiger partial charge in [-0.25, -0.2) is 4.98 Å². The SMILES string of the molecule is Cc1noc(-c2scnc2Br)n1. The summed E-state index contributed by atoms with van der Waals surface area (Å²) in [5, 5.41) is 3.69. The summed E-state index contributed by atoms with van der Waals surface area (Å²) in [5.74, 6) is 1.15. The van der Waals surface area contributed by atoms with Gasteiger partial charge in [0, 0.05) is 0 Å². The molecule has 0 unspecified atom stereocenters. The first kappa shape index (κ1) is 7.88. The van der Waals surface area contributed by atoms with Crippen molar-refractivity contribution in [3.8, 4) is 10.8 Å². The van der Waals surface area contributed by atoms with Gasteiger partial charge in [-0.1, -0.05) is 5.16 Å². The molecule has 2 heterocycles. The zero-order chi connectivity index (χ0) is 8.55. The number of aryl methyl sites for hydroxylation is 1. The lowest BCUT2D eigenvalue weighted by molar-refractivity contribution is 0.426. The Kier molecular flexibility index (Phi) is 1.93. The average Bonchev–Trinajstić information content (AvgIpc) is 2.58. The molecule has 2 aromatic rings. The fourth-order valence-electron chi connectivity index (χ4n) is 0.761. The number of hydrogen-bond donors (Lipinski definition) is 0. The maximum atomic E-state index is 4.97. The van der Waals surface area contributed by atoms with Crippen LogP contribution in [0.4, 0.5) is 0 Å². The highest BCUT2D eigenvalue weighted by Crippen LogP contribution is 2.29. The molecule has 2 rings (SSSR count). The maximum Gasteiger partial charge on any atom is 0.270 e. The molecular weight excluding hydrogens is 242 g/mol. The molecule has 0 aliphatic heterocycles. The molecule has 0 aliphatic rings. The minimum atomic E-state index is 0.516. The van der Waals surface area contributed by atoms with E-state index in [9.17, 15) is 0 Å². The van der Waals surface area contributed by atoms with Crippen molar-refractivity contribution in [3.05, 3.63) is 15.9 Å². The Bertz CT molecular complexity index is 397. The van der Waals surface area contributed by atoms with Crippen LogP contribution in [0.1, 0.15) is 5.82 Å². The fourth-order valence-corrected chi connectivity index (χ4v) is 2.05. The molecule has 0 N–H and O–H groups in total. The summed E-state index contributed by atoms with van der Waals surface area (Å²) in [5.41, 5.74) is 1.72. The Morgan fingerprint density at radius 1 is 1.58 bits per heavy atom. The Balaban J connectivity index is 2.50. The van der Waals surface area contributed by atoms with Crippen LogP contribution in [0.15, 0.2) is 14.6 Å². The van der Waals surface area contributed by atoms with E-state index in [0.717, 1.165) is 9.48 Å². The van der Waals surface area contributed by atoms with Gasteiger partial charge in [0.2, 0.25) is 0 Å². The lowest BCUT2D eigenvalue weighted by Crippen LogP contribution is -1.74. The third-order valence-corrected chi connectivity index (χ3v) is 2.92. The van der Waals surface area contributed by atoms with Gasteiger partial charge in [-0.2, -0.15) is 4.98 Å². The van der Waals surface area contributed by atoms with E-state index in [4.69, 9.17) is 4.52 Å². The van der Waals surface area contributed by atoms with Crippen molar-refractivity contribution >= 4 is 27.3 Å². The topological polar surface area (TPSA) is 51.8 Å². The highest BCUT2D eigenvalue weighted by molar-refractivity contribution is 9.10. The van der Waals surface area contributed by atoms with Gasteiger partial charge in [-0.3, -0.25) is 0 Å². The van der Waals surface area contributed by atoms with E-state index in [1.807, 2.05) is 0 Å². The molecule has 0 saturated carbocycles. The van der Waals surface area contributed by atoms with E-state index >= 15 is 0 Å². The monoisotopic (exact) mass is 245 g/mol. The van der Waals surface area contributed by atoms with Gasteiger partial charge >= 0.3 is 0 Å². The predicted molar refractivity (Wildman–Crippen MR) is 47.8 cm³/mol. The maximum absolute atomic E-state index is 4.97. The Morgan fingerprint density at radius 2 is 2.42 bits per heavy atom. The van der Waals surface area contributed by atoms with Crippen LogP contribution in [-0.4, -0.2) is 15.1 Å². The summed E-state index contributed by atoms with van der Waals surface area (Å²) >= 11 is 4.75. The van der Waals surface area contributed by atoms with Crippen molar-refractivity contribution < 1.29 is 4.52 Å². The van der Waals surface area contributed by atoms with Gasteiger partial charge < -0.3 is 4.52 Å². The molecule has 12 heavy (non-hydrogen) atoms. The van der Waals surface area contributed by atoms with Crippen LogP contribution in [0.5, 0.6) is 0 Å². The summed E-state index contributed by atoms with van der Waals surface area (Å²) in [6.07, 6.45) is 0. The molecule has 6 heteroatoms. The molecule has 4 nitrogen and oxygen atoms in total. The zero-order valence-electron chi connectivity index (χ0n) is 6.11. The third-order valence-electron chi connectivity index (χ3n) is 1.25. The van der Waals surface area contributed by atoms with Crippen LogP contribution >= 0.6 is 27.3 Å². The average molecular weight is 246 g/mol. The van der Waals surface area contributed by atoms with Crippen molar-refractivity contribution in [3.63, 3.8) is 0 Å². The summed E-state index contributed by atoms with van der Waals surface area (Å²) in [7, 11) is 0. The van der Waals surface area contributed by atoms with Crippen molar-refractivity contribution in [2.45, 2.75) is 6.92 Å². The Hall–Kier alpha value is -0.750. The van der Waals surface area contributed by atoms with Crippen LogP contribution in [0, 0.1) is 6.92 Å². The van der Waals surface area contributed by atoms with E-state index in [0.29, 0.717) is 11.7 Å². The highest BCUT2D eigenvalue weighted by Gasteiger charge is 2.12. The van der Waals surface area contributed by atoms with E-state index in [2.05, 4.69) is 31.1 Å². The number of rotatable bonds is 1. The number of hydrogen-bond acceptors (Lipinski definition) is 5.